The van der Waals surface area contributed by atoms with E-state index in [1.165, 1.54) is 31.2 Å². The SMILES string of the molecule is CC1(C(N)=O)COc2c1cc(C(O)(CNC(=O)c1cc(OC3CC3)c3ncccc3c1)C(F)(F)F)nc2-c1ccc(F)cc1. The van der Waals surface area contributed by atoms with Crippen molar-refractivity contribution in [1.29, 1.82) is 0 Å². The lowest BCUT2D eigenvalue weighted by atomic mass is 9.81. The second-order valence-corrected chi connectivity index (χ2v) is 11.1. The predicted molar refractivity (Wildman–Crippen MR) is 149 cm³/mol. The van der Waals surface area contributed by atoms with Crippen LogP contribution in [-0.2, 0) is 15.8 Å². The fourth-order valence-electron chi connectivity index (χ4n) is 4.99. The molecule has 1 fully saturated rings. The van der Waals surface area contributed by atoms with Crippen LogP contribution in [0.5, 0.6) is 11.5 Å². The van der Waals surface area contributed by atoms with Crippen molar-refractivity contribution in [1.82, 2.24) is 15.3 Å². The van der Waals surface area contributed by atoms with Crippen molar-refractivity contribution < 1.29 is 41.7 Å². The summed E-state index contributed by atoms with van der Waals surface area (Å²) in [6.07, 6.45) is -2.17. The van der Waals surface area contributed by atoms with E-state index in [2.05, 4.69) is 15.3 Å². The topological polar surface area (TPSA) is 137 Å². The molecule has 2 aromatic heterocycles. The molecule has 0 bridgehead atoms. The number of carbonyl (C=O) groups is 2. The zero-order valence-electron chi connectivity index (χ0n) is 23.2. The number of aliphatic hydroxyl groups is 1. The molecular weight excluding hydrogens is 584 g/mol. The van der Waals surface area contributed by atoms with Crippen LogP contribution in [0.1, 0.15) is 41.4 Å². The Morgan fingerprint density at radius 3 is 2.55 bits per heavy atom. The summed E-state index contributed by atoms with van der Waals surface area (Å²) in [7, 11) is 0. The second-order valence-electron chi connectivity index (χ2n) is 11.1. The van der Waals surface area contributed by atoms with E-state index in [1.54, 1.807) is 18.3 Å². The lowest BCUT2D eigenvalue weighted by molar-refractivity contribution is -0.265. The summed E-state index contributed by atoms with van der Waals surface area (Å²) in [5.41, 5.74) is -0.137. The van der Waals surface area contributed by atoms with Crippen molar-refractivity contribution in [2.75, 3.05) is 13.2 Å². The Morgan fingerprint density at radius 1 is 1.16 bits per heavy atom. The Bertz CT molecular complexity index is 1790. The van der Waals surface area contributed by atoms with Gasteiger partial charge in [-0.05, 0) is 68.3 Å². The maximum Gasteiger partial charge on any atom is 0.424 e. The number of nitrogens with one attached hydrogen (secondary N) is 1. The molecule has 4 N–H and O–H groups in total. The minimum absolute atomic E-state index is 0.00529. The first-order chi connectivity index (χ1) is 20.8. The van der Waals surface area contributed by atoms with Crippen molar-refractivity contribution in [2.45, 2.75) is 43.1 Å². The molecule has 0 radical (unpaired) electrons. The van der Waals surface area contributed by atoms with Crippen LogP contribution in [0.4, 0.5) is 17.6 Å². The van der Waals surface area contributed by atoms with Crippen LogP contribution >= 0.6 is 0 Å². The molecule has 13 heteroatoms. The molecule has 3 heterocycles. The maximum absolute atomic E-state index is 14.7. The number of amides is 2. The van der Waals surface area contributed by atoms with Crippen molar-refractivity contribution in [3.63, 3.8) is 0 Å². The number of nitrogens with zero attached hydrogens (tertiary/aromatic N) is 2. The molecule has 2 aliphatic rings. The Labute approximate surface area is 248 Å². The highest BCUT2D eigenvalue weighted by molar-refractivity contribution is 6.00. The molecule has 2 atom stereocenters. The molecule has 1 aliphatic heterocycles. The smallest absolute Gasteiger partial charge is 0.424 e. The van der Waals surface area contributed by atoms with Gasteiger partial charge in [0.15, 0.2) is 0 Å². The average Bonchev–Trinajstić information content (AvgIpc) is 3.74. The van der Waals surface area contributed by atoms with Crippen molar-refractivity contribution in [3.05, 3.63) is 83.4 Å². The van der Waals surface area contributed by atoms with E-state index in [4.69, 9.17) is 15.2 Å². The van der Waals surface area contributed by atoms with Gasteiger partial charge in [0.1, 0.15) is 40.5 Å². The van der Waals surface area contributed by atoms with E-state index in [-0.39, 0.29) is 40.8 Å². The Hall–Kier alpha value is -4.78. The third kappa shape index (κ3) is 5.06. The zero-order valence-corrected chi connectivity index (χ0v) is 23.2. The molecule has 4 aromatic rings. The van der Waals surface area contributed by atoms with Gasteiger partial charge in [-0.25, -0.2) is 9.37 Å². The molecule has 228 valence electrons. The van der Waals surface area contributed by atoms with Crippen LogP contribution < -0.4 is 20.5 Å². The first kappa shape index (κ1) is 29.3. The summed E-state index contributed by atoms with van der Waals surface area (Å²) < 4.78 is 69.4. The second kappa shape index (κ2) is 10.4. The van der Waals surface area contributed by atoms with Crippen LogP contribution in [0.15, 0.2) is 60.8 Å². The van der Waals surface area contributed by atoms with Gasteiger partial charge >= 0.3 is 6.18 Å². The summed E-state index contributed by atoms with van der Waals surface area (Å²) in [5, 5.41) is 14.0. The third-order valence-corrected chi connectivity index (χ3v) is 7.88. The first-order valence-corrected chi connectivity index (χ1v) is 13.7. The number of halogens is 4. The van der Waals surface area contributed by atoms with Crippen molar-refractivity contribution >= 4 is 22.7 Å². The fourth-order valence-corrected chi connectivity index (χ4v) is 4.99. The number of hydrogen-bond acceptors (Lipinski definition) is 7. The van der Waals surface area contributed by atoms with Gasteiger partial charge in [0, 0.05) is 28.3 Å². The van der Waals surface area contributed by atoms with Crippen molar-refractivity contribution in [2.24, 2.45) is 5.73 Å². The van der Waals surface area contributed by atoms with Gasteiger partial charge in [-0.1, -0.05) is 6.07 Å². The molecule has 6 rings (SSSR count). The number of hydrogen-bond donors (Lipinski definition) is 3. The number of primary amides is 1. The predicted octanol–water partition coefficient (Wildman–Crippen LogP) is 4.29. The van der Waals surface area contributed by atoms with Gasteiger partial charge < -0.3 is 25.6 Å². The minimum Gasteiger partial charge on any atom is -0.489 e. The first-order valence-electron chi connectivity index (χ1n) is 13.7. The zero-order chi connectivity index (χ0) is 31.4. The van der Waals surface area contributed by atoms with E-state index < -0.39 is 47.1 Å². The van der Waals surface area contributed by atoms with Gasteiger partial charge in [0.2, 0.25) is 11.5 Å². The summed E-state index contributed by atoms with van der Waals surface area (Å²) >= 11 is 0. The fraction of sp³-hybridized carbons (Fsp3) is 0.290. The van der Waals surface area contributed by atoms with Crippen LogP contribution in [0.2, 0.25) is 0 Å². The standard InChI is InChI=1S/C31H26F4N4O5/c1-29(28(36)41)15-43-26-21(29)13-23(39-25(26)16-4-6-19(32)7-5-16)30(42,31(33,34)35)14-38-27(40)18-11-17-3-2-10-37-24(17)22(12-18)44-20-8-9-20/h2-7,10-13,20,42H,8-9,14-15H2,1H3,(H2,36,41)(H,38,40). The lowest BCUT2D eigenvalue weighted by Crippen LogP contribution is -2.51. The monoisotopic (exact) mass is 610 g/mol. The van der Waals surface area contributed by atoms with Crippen LogP contribution in [0, 0.1) is 5.82 Å². The molecule has 2 unspecified atom stereocenters. The molecular formula is C31H26F4N4O5. The molecule has 0 spiro atoms. The highest BCUT2D eigenvalue weighted by atomic mass is 19.4. The number of nitrogens with two attached hydrogens (primary N) is 1. The molecule has 2 amide bonds. The summed E-state index contributed by atoms with van der Waals surface area (Å²) in [6.45, 7) is -0.230. The largest absolute Gasteiger partial charge is 0.489 e. The third-order valence-electron chi connectivity index (χ3n) is 7.88. The van der Waals surface area contributed by atoms with E-state index in [0.29, 0.717) is 16.7 Å². The number of rotatable bonds is 8. The van der Waals surface area contributed by atoms with Crippen LogP contribution in [-0.4, -0.2) is 52.3 Å². The molecule has 9 nitrogen and oxygen atoms in total. The minimum atomic E-state index is -5.35. The maximum atomic E-state index is 14.7. The van der Waals surface area contributed by atoms with E-state index >= 15 is 0 Å². The Balaban J connectivity index is 1.40. The van der Waals surface area contributed by atoms with Gasteiger partial charge in [-0.2, -0.15) is 13.2 Å². The van der Waals surface area contributed by atoms with Crippen molar-refractivity contribution in [3.8, 4) is 22.8 Å². The highest BCUT2D eigenvalue weighted by Gasteiger charge is 2.57. The van der Waals surface area contributed by atoms with Gasteiger partial charge in [-0.3, -0.25) is 14.6 Å². The van der Waals surface area contributed by atoms with Gasteiger partial charge in [0.05, 0.1) is 18.3 Å². The van der Waals surface area contributed by atoms with E-state index in [1.807, 2.05) is 0 Å². The normalized spacial score (nSPS) is 19.1. The number of aromatic nitrogens is 2. The Morgan fingerprint density at radius 2 is 1.89 bits per heavy atom. The number of fused-ring (bicyclic) bond motifs is 2. The number of carbonyl (C=O) groups excluding carboxylic acids is 2. The number of pyridine rings is 2. The quantitative estimate of drug-likeness (QED) is 0.253. The number of benzene rings is 2. The number of ether oxygens (including phenoxy) is 2. The summed E-state index contributed by atoms with van der Waals surface area (Å²) in [4.78, 5) is 34.1. The van der Waals surface area contributed by atoms with Crippen LogP contribution in [0.3, 0.4) is 0 Å². The van der Waals surface area contributed by atoms with Gasteiger partial charge in [0.25, 0.3) is 5.91 Å². The van der Waals surface area contributed by atoms with Gasteiger partial charge in [-0.15, -0.1) is 0 Å². The molecule has 44 heavy (non-hydrogen) atoms. The Kier molecular flexibility index (Phi) is 6.95. The molecule has 1 aliphatic carbocycles. The number of alkyl halides is 3. The molecule has 2 aromatic carbocycles. The highest BCUT2D eigenvalue weighted by Crippen LogP contribution is 2.47. The average molecular weight is 611 g/mol. The molecule has 0 saturated heterocycles. The summed E-state index contributed by atoms with van der Waals surface area (Å²) in [6, 6.07) is 11.8. The van der Waals surface area contributed by atoms with Crippen LogP contribution in [0.25, 0.3) is 22.2 Å². The van der Waals surface area contributed by atoms with E-state index in [0.717, 1.165) is 31.0 Å². The summed E-state index contributed by atoms with van der Waals surface area (Å²) in [5.74, 6) is -2.10. The lowest BCUT2D eigenvalue weighted by Gasteiger charge is -2.31. The molecule has 1 saturated carbocycles. The van der Waals surface area contributed by atoms with E-state index in [9.17, 15) is 32.3 Å².